The van der Waals surface area contributed by atoms with Crippen molar-refractivity contribution in [3.05, 3.63) is 42.0 Å². The summed E-state index contributed by atoms with van der Waals surface area (Å²) in [5.41, 5.74) is 2.66. The van der Waals surface area contributed by atoms with E-state index >= 15 is 0 Å². The maximum atomic E-state index is 11.9. The summed E-state index contributed by atoms with van der Waals surface area (Å²) >= 11 is 0. The molecule has 1 aromatic carbocycles. The van der Waals surface area contributed by atoms with Crippen molar-refractivity contribution in [2.24, 2.45) is 0 Å². The van der Waals surface area contributed by atoms with Gasteiger partial charge in [0.05, 0.1) is 0 Å². The maximum absolute atomic E-state index is 11.9. The van der Waals surface area contributed by atoms with Gasteiger partial charge in [-0.2, -0.15) is 0 Å². The first-order valence-electron chi connectivity index (χ1n) is 6.83. The quantitative estimate of drug-likeness (QED) is 0.792. The Morgan fingerprint density at radius 1 is 1.28 bits per heavy atom. The topological polar surface area (TPSA) is 20.3 Å². The zero-order chi connectivity index (χ0) is 12.8. The molecule has 18 heavy (non-hydrogen) atoms. The van der Waals surface area contributed by atoms with Crippen LogP contribution in [0.25, 0.3) is 5.57 Å². The molecule has 2 nitrogen and oxygen atoms in total. The van der Waals surface area contributed by atoms with E-state index in [9.17, 15) is 4.79 Å². The lowest BCUT2D eigenvalue weighted by atomic mass is 9.99. The molecule has 0 saturated heterocycles. The Morgan fingerprint density at radius 2 is 2.06 bits per heavy atom. The zero-order valence-corrected chi connectivity index (χ0v) is 11.1. The molecule has 0 N–H and O–H groups in total. The van der Waals surface area contributed by atoms with E-state index in [-0.39, 0.29) is 0 Å². The van der Waals surface area contributed by atoms with Crippen LogP contribution in [-0.4, -0.2) is 23.9 Å². The van der Waals surface area contributed by atoms with Crippen molar-refractivity contribution in [2.75, 3.05) is 13.1 Å². The summed E-state index contributed by atoms with van der Waals surface area (Å²) in [6.45, 7) is 3.76. The minimum Gasteiger partial charge on any atom is -0.339 e. The van der Waals surface area contributed by atoms with Gasteiger partial charge in [-0.3, -0.25) is 4.79 Å². The highest BCUT2D eigenvalue weighted by Gasteiger charge is 2.16. The van der Waals surface area contributed by atoms with Crippen LogP contribution >= 0.6 is 0 Å². The molecule has 0 saturated carbocycles. The number of benzene rings is 1. The van der Waals surface area contributed by atoms with E-state index in [1.807, 2.05) is 11.0 Å². The molecule has 2 heteroatoms. The summed E-state index contributed by atoms with van der Waals surface area (Å²) in [7, 11) is 0. The number of nitrogens with zero attached hydrogens (tertiary/aromatic N) is 1. The fraction of sp³-hybridized carbons (Fsp3) is 0.438. The number of carbonyl (C=O) groups excluding carboxylic acids is 1. The Bertz CT molecular complexity index is 422. The molecule has 0 radical (unpaired) electrons. The normalized spacial score (nSPS) is 15.4. The van der Waals surface area contributed by atoms with Crippen LogP contribution in [0, 0.1) is 0 Å². The molecule has 96 valence electrons. The van der Waals surface area contributed by atoms with E-state index in [4.69, 9.17) is 0 Å². The molecular weight excluding hydrogens is 222 g/mol. The van der Waals surface area contributed by atoms with Gasteiger partial charge in [0, 0.05) is 19.5 Å². The summed E-state index contributed by atoms with van der Waals surface area (Å²) in [4.78, 5) is 13.9. The maximum Gasteiger partial charge on any atom is 0.222 e. The Hall–Kier alpha value is -1.57. The van der Waals surface area contributed by atoms with Crippen LogP contribution in [0.15, 0.2) is 36.4 Å². The van der Waals surface area contributed by atoms with Crippen LogP contribution in [0.1, 0.15) is 38.2 Å². The lowest BCUT2D eigenvalue weighted by Crippen LogP contribution is -2.34. The summed E-state index contributed by atoms with van der Waals surface area (Å²) in [6.07, 6.45) is 5.96. The molecule has 1 aliphatic heterocycles. The highest BCUT2D eigenvalue weighted by Crippen LogP contribution is 2.22. The third-order valence-corrected chi connectivity index (χ3v) is 3.45. The number of rotatable bonds is 4. The molecule has 0 atom stereocenters. The minimum atomic E-state index is 0.306. The van der Waals surface area contributed by atoms with Crippen molar-refractivity contribution in [2.45, 2.75) is 32.6 Å². The van der Waals surface area contributed by atoms with Gasteiger partial charge < -0.3 is 4.90 Å². The predicted molar refractivity (Wildman–Crippen MR) is 75.1 cm³/mol. The summed E-state index contributed by atoms with van der Waals surface area (Å²) in [6, 6.07) is 10.4. The molecule has 0 aliphatic carbocycles. The van der Waals surface area contributed by atoms with Gasteiger partial charge in [-0.05, 0) is 24.0 Å². The molecule has 1 amide bonds. The lowest BCUT2D eigenvalue weighted by molar-refractivity contribution is -0.130. The minimum absolute atomic E-state index is 0.306. The van der Waals surface area contributed by atoms with Gasteiger partial charge in [-0.25, -0.2) is 0 Å². The largest absolute Gasteiger partial charge is 0.339 e. The summed E-state index contributed by atoms with van der Waals surface area (Å²) < 4.78 is 0. The van der Waals surface area contributed by atoms with Gasteiger partial charge in [0.25, 0.3) is 0 Å². The smallest absolute Gasteiger partial charge is 0.222 e. The van der Waals surface area contributed by atoms with Gasteiger partial charge in [-0.15, -0.1) is 0 Å². The van der Waals surface area contributed by atoms with Gasteiger partial charge in [0.1, 0.15) is 0 Å². The second-order valence-corrected chi connectivity index (χ2v) is 4.79. The highest BCUT2D eigenvalue weighted by atomic mass is 16.2. The van der Waals surface area contributed by atoms with Gasteiger partial charge in [0.2, 0.25) is 5.91 Å². The Kier molecular flexibility index (Phi) is 4.57. The molecule has 2 rings (SSSR count). The molecular formula is C16H21NO. The van der Waals surface area contributed by atoms with Crippen molar-refractivity contribution >= 4 is 11.5 Å². The van der Waals surface area contributed by atoms with Gasteiger partial charge in [-0.1, -0.05) is 49.8 Å². The number of hydrogen-bond acceptors (Lipinski definition) is 1. The molecule has 1 heterocycles. The van der Waals surface area contributed by atoms with E-state index in [1.54, 1.807) is 0 Å². The van der Waals surface area contributed by atoms with Crippen molar-refractivity contribution in [1.29, 1.82) is 0 Å². The Morgan fingerprint density at radius 3 is 2.67 bits per heavy atom. The van der Waals surface area contributed by atoms with Crippen LogP contribution < -0.4 is 0 Å². The van der Waals surface area contributed by atoms with Crippen molar-refractivity contribution in [3.8, 4) is 0 Å². The SMILES string of the molecule is CCCCC(=O)N1CC=C(c2ccccc2)CC1. The third kappa shape index (κ3) is 3.22. The first-order valence-corrected chi connectivity index (χ1v) is 6.83. The average Bonchev–Trinajstić information content (AvgIpc) is 2.46. The van der Waals surface area contributed by atoms with Crippen molar-refractivity contribution in [3.63, 3.8) is 0 Å². The van der Waals surface area contributed by atoms with Crippen LogP contribution in [0.5, 0.6) is 0 Å². The second-order valence-electron chi connectivity index (χ2n) is 4.79. The predicted octanol–water partition coefficient (Wildman–Crippen LogP) is 3.49. The molecule has 0 aromatic heterocycles. The molecule has 0 bridgehead atoms. The molecule has 0 spiro atoms. The first-order chi connectivity index (χ1) is 8.81. The van der Waals surface area contributed by atoms with E-state index in [0.717, 1.165) is 32.4 Å². The van der Waals surface area contributed by atoms with Crippen LogP contribution in [0.4, 0.5) is 0 Å². The van der Waals surface area contributed by atoms with Crippen LogP contribution in [-0.2, 0) is 4.79 Å². The third-order valence-electron chi connectivity index (χ3n) is 3.45. The molecule has 1 aromatic rings. The van der Waals surface area contributed by atoms with E-state index < -0.39 is 0 Å². The van der Waals surface area contributed by atoms with Crippen LogP contribution in [0.2, 0.25) is 0 Å². The zero-order valence-electron chi connectivity index (χ0n) is 11.1. The monoisotopic (exact) mass is 243 g/mol. The number of hydrogen-bond donors (Lipinski definition) is 0. The second kappa shape index (κ2) is 6.39. The van der Waals surface area contributed by atoms with E-state index in [1.165, 1.54) is 11.1 Å². The molecule has 0 fully saturated rings. The van der Waals surface area contributed by atoms with Gasteiger partial charge in [0.15, 0.2) is 0 Å². The summed E-state index contributed by atoms with van der Waals surface area (Å²) in [5.74, 6) is 0.306. The van der Waals surface area contributed by atoms with Crippen molar-refractivity contribution < 1.29 is 4.79 Å². The Labute approximate surface area is 109 Å². The first kappa shape index (κ1) is 12.9. The summed E-state index contributed by atoms with van der Waals surface area (Å²) in [5, 5.41) is 0. The molecule has 0 unspecified atom stereocenters. The Balaban J connectivity index is 1.94. The highest BCUT2D eigenvalue weighted by molar-refractivity contribution is 5.78. The van der Waals surface area contributed by atoms with E-state index in [2.05, 4.69) is 37.3 Å². The van der Waals surface area contributed by atoms with Crippen LogP contribution in [0.3, 0.4) is 0 Å². The fourth-order valence-electron chi connectivity index (χ4n) is 2.30. The number of unbranched alkanes of at least 4 members (excludes halogenated alkanes) is 1. The molecule has 1 aliphatic rings. The lowest BCUT2D eigenvalue weighted by Gasteiger charge is -2.26. The van der Waals surface area contributed by atoms with Gasteiger partial charge >= 0.3 is 0 Å². The van der Waals surface area contributed by atoms with Crippen molar-refractivity contribution in [1.82, 2.24) is 4.90 Å². The number of carbonyl (C=O) groups is 1. The standard InChI is InChI=1S/C16H21NO/c1-2-3-9-16(18)17-12-10-15(11-13-17)14-7-5-4-6-8-14/h4-8,10H,2-3,9,11-13H2,1H3. The number of amides is 1. The van der Waals surface area contributed by atoms with E-state index in [0.29, 0.717) is 12.3 Å². The average molecular weight is 243 g/mol. The fourth-order valence-corrected chi connectivity index (χ4v) is 2.30.